The van der Waals surface area contributed by atoms with Crippen LogP contribution in [-0.2, 0) is 0 Å². The van der Waals surface area contributed by atoms with E-state index in [2.05, 4.69) is 24.3 Å². The first kappa shape index (κ1) is 12.8. The molecule has 0 spiro atoms. The van der Waals surface area contributed by atoms with E-state index in [0.717, 1.165) is 4.90 Å². The number of phenols is 1. The third-order valence-corrected chi connectivity index (χ3v) is 5.64. The summed E-state index contributed by atoms with van der Waals surface area (Å²) < 4.78 is 0. The van der Waals surface area contributed by atoms with Crippen molar-refractivity contribution in [2.75, 3.05) is 0 Å². The number of aromatic hydroxyl groups is 1. The van der Waals surface area contributed by atoms with Crippen LogP contribution in [0.5, 0.6) is 5.75 Å². The van der Waals surface area contributed by atoms with Gasteiger partial charge in [-0.15, -0.1) is 0 Å². The highest BCUT2D eigenvalue weighted by Crippen LogP contribution is 2.53. The molecule has 0 aliphatic rings. The van der Waals surface area contributed by atoms with Gasteiger partial charge >= 0.3 is 0 Å². The third kappa shape index (κ3) is 2.56. The van der Waals surface area contributed by atoms with Gasteiger partial charge in [-0.1, -0.05) is 48.5 Å². The van der Waals surface area contributed by atoms with Gasteiger partial charge in [-0.25, -0.2) is 0 Å². The van der Waals surface area contributed by atoms with E-state index in [-0.39, 0.29) is 0 Å². The number of phenolic OH excluding ortho intramolecular Hbond substituents is 1. The summed E-state index contributed by atoms with van der Waals surface area (Å²) in [5.41, 5.74) is 0. The Labute approximate surface area is 121 Å². The van der Waals surface area contributed by atoms with Gasteiger partial charge in [0.2, 0.25) is 0 Å². The predicted molar refractivity (Wildman–Crippen MR) is 84.8 cm³/mol. The number of hydrogen-bond donors (Lipinski definition) is 2. The van der Waals surface area contributed by atoms with Crippen LogP contribution in [0, 0.1) is 0 Å². The molecule has 0 saturated carbocycles. The smallest absolute Gasteiger partial charge is 0.128 e. The van der Waals surface area contributed by atoms with E-state index in [4.69, 9.17) is 0 Å². The topological polar surface area (TPSA) is 20.2 Å². The second-order valence-electron chi connectivity index (χ2n) is 4.50. The summed E-state index contributed by atoms with van der Waals surface area (Å²) in [5, 5.41) is 10.2. The molecule has 3 aromatic rings. The van der Waals surface area contributed by atoms with E-state index in [0.29, 0.717) is 5.75 Å². The fourth-order valence-electron chi connectivity index (χ4n) is 2.23. The number of benzene rings is 3. The molecule has 1 nitrogen and oxygen atoms in total. The van der Waals surface area contributed by atoms with Crippen molar-refractivity contribution in [2.45, 2.75) is 14.7 Å². The first-order chi connectivity index (χ1) is 9.86. The molecular formula is C18H16OS. The maximum absolute atomic E-state index is 10.2. The normalized spacial score (nSPS) is 11.1. The fraction of sp³-hybridized carbons (Fsp3) is 0. The van der Waals surface area contributed by atoms with Crippen LogP contribution in [0.1, 0.15) is 0 Å². The monoisotopic (exact) mass is 280 g/mol. The van der Waals surface area contributed by atoms with Gasteiger partial charge in [0.15, 0.2) is 0 Å². The van der Waals surface area contributed by atoms with Crippen molar-refractivity contribution in [2.24, 2.45) is 0 Å². The summed E-state index contributed by atoms with van der Waals surface area (Å²) in [6, 6.07) is 28.4. The molecule has 0 aliphatic carbocycles. The third-order valence-electron chi connectivity index (χ3n) is 3.15. The Morgan fingerprint density at radius 1 is 0.550 bits per heavy atom. The second kappa shape index (κ2) is 5.85. The Hall–Kier alpha value is -2.19. The molecule has 0 aliphatic heterocycles. The SMILES string of the molecule is Oc1ccccc1[SH](c1ccccc1)c1ccccc1. The fourth-order valence-corrected chi connectivity index (χ4v) is 4.57. The maximum atomic E-state index is 10.2. The molecular weight excluding hydrogens is 264 g/mol. The van der Waals surface area contributed by atoms with E-state index < -0.39 is 10.9 Å². The van der Waals surface area contributed by atoms with E-state index in [1.807, 2.05) is 54.6 Å². The lowest BCUT2D eigenvalue weighted by atomic mass is 10.3. The predicted octanol–water partition coefficient (Wildman–Crippen LogP) is 4.87. The van der Waals surface area contributed by atoms with Gasteiger partial charge in [0.25, 0.3) is 0 Å². The highest BCUT2D eigenvalue weighted by molar-refractivity contribution is 8.17. The van der Waals surface area contributed by atoms with Crippen LogP contribution in [0.2, 0.25) is 0 Å². The molecule has 0 fully saturated rings. The Morgan fingerprint density at radius 3 is 1.50 bits per heavy atom. The van der Waals surface area contributed by atoms with Gasteiger partial charge in [-0.05, 0) is 46.2 Å². The second-order valence-corrected chi connectivity index (χ2v) is 6.68. The van der Waals surface area contributed by atoms with Gasteiger partial charge < -0.3 is 5.11 Å². The largest absolute Gasteiger partial charge is 0.507 e. The van der Waals surface area contributed by atoms with Crippen molar-refractivity contribution in [3.8, 4) is 5.75 Å². The molecule has 3 aromatic carbocycles. The van der Waals surface area contributed by atoms with E-state index >= 15 is 0 Å². The van der Waals surface area contributed by atoms with E-state index in [9.17, 15) is 5.11 Å². The van der Waals surface area contributed by atoms with Gasteiger partial charge in [0, 0.05) is 4.90 Å². The first-order valence-corrected chi connectivity index (χ1v) is 7.88. The van der Waals surface area contributed by atoms with Crippen LogP contribution in [0.15, 0.2) is 99.6 Å². The summed E-state index contributed by atoms with van der Waals surface area (Å²) in [6.07, 6.45) is 0. The Morgan fingerprint density at radius 2 is 1.00 bits per heavy atom. The zero-order valence-corrected chi connectivity index (χ0v) is 11.9. The molecule has 0 heterocycles. The maximum Gasteiger partial charge on any atom is 0.128 e. The van der Waals surface area contributed by atoms with Crippen molar-refractivity contribution in [3.63, 3.8) is 0 Å². The minimum absolute atomic E-state index is 0.367. The molecule has 0 atom stereocenters. The van der Waals surface area contributed by atoms with Crippen LogP contribution in [0.3, 0.4) is 0 Å². The lowest BCUT2D eigenvalue weighted by Gasteiger charge is -2.23. The number of hydrogen-bond acceptors (Lipinski definition) is 1. The molecule has 1 N–H and O–H groups in total. The quantitative estimate of drug-likeness (QED) is 0.656. The van der Waals surface area contributed by atoms with Crippen molar-refractivity contribution in [1.82, 2.24) is 0 Å². The molecule has 20 heavy (non-hydrogen) atoms. The van der Waals surface area contributed by atoms with Gasteiger partial charge in [-0.3, -0.25) is 0 Å². The molecule has 2 heteroatoms. The average Bonchev–Trinajstić information content (AvgIpc) is 2.52. The molecule has 0 radical (unpaired) electrons. The Kier molecular flexibility index (Phi) is 3.75. The summed E-state index contributed by atoms with van der Waals surface area (Å²) in [6.45, 7) is 0. The van der Waals surface area contributed by atoms with Crippen molar-refractivity contribution >= 4 is 10.9 Å². The highest BCUT2D eigenvalue weighted by Gasteiger charge is 2.15. The van der Waals surface area contributed by atoms with Gasteiger partial charge in [0.05, 0.1) is 0 Å². The Balaban J connectivity index is 2.17. The molecule has 0 amide bonds. The summed E-state index contributed by atoms with van der Waals surface area (Å²) >= 11 is 0. The van der Waals surface area contributed by atoms with Crippen molar-refractivity contribution in [3.05, 3.63) is 84.9 Å². The summed E-state index contributed by atoms with van der Waals surface area (Å²) in [7, 11) is -0.717. The molecule has 100 valence electrons. The minimum atomic E-state index is -0.717. The van der Waals surface area contributed by atoms with Crippen LogP contribution in [0.4, 0.5) is 0 Å². The molecule has 0 unspecified atom stereocenters. The van der Waals surface area contributed by atoms with E-state index in [1.54, 1.807) is 6.07 Å². The number of para-hydroxylation sites is 1. The zero-order valence-electron chi connectivity index (χ0n) is 11.0. The van der Waals surface area contributed by atoms with Crippen molar-refractivity contribution in [1.29, 1.82) is 0 Å². The molecule has 0 bridgehead atoms. The lowest BCUT2D eigenvalue weighted by Crippen LogP contribution is -1.88. The van der Waals surface area contributed by atoms with Gasteiger partial charge in [0.1, 0.15) is 5.75 Å². The van der Waals surface area contributed by atoms with Crippen LogP contribution in [-0.4, -0.2) is 5.11 Å². The first-order valence-electron chi connectivity index (χ1n) is 6.54. The summed E-state index contributed by atoms with van der Waals surface area (Å²) in [4.78, 5) is 3.49. The average molecular weight is 280 g/mol. The number of thiol groups is 1. The van der Waals surface area contributed by atoms with Crippen LogP contribution in [0.25, 0.3) is 0 Å². The Bertz CT molecular complexity index is 641. The van der Waals surface area contributed by atoms with E-state index in [1.165, 1.54) is 9.79 Å². The van der Waals surface area contributed by atoms with Crippen LogP contribution >= 0.6 is 10.9 Å². The van der Waals surface area contributed by atoms with Crippen LogP contribution < -0.4 is 0 Å². The highest BCUT2D eigenvalue weighted by atomic mass is 32.2. The molecule has 3 rings (SSSR count). The zero-order chi connectivity index (χ0) is 13.8. The minimum Gasteiger partial charge on any atom is -0.507 e. The molecule has 0 aromatic heterocycles. The summed E-state index contributed by atoms with van der Waals surface area (Å²) in [5.74, 6) is 0.367. The number of rotatable bonds is 3. The lowest BCUT2D eigenvalue weighted by molar-refractivity contribution is 0.462. The van der Waals surface area contributed by atoms with Crippen molar-refractivity contribution < 1.29 is 5.11 Å². The van der Waals surface area contributed by atoms with Gasteiger partial charge in [-0.2, -0.15) is 10.9 Å². The molecule has 0 saturated heterocycles. The standard InChI is InChI=1S/C18H16OS/c19-17-13-7-8-14-18(17)20(15-9-3-1-4-10-15)16-11-5-2-6-12-16/h1-14,19-20H.